The summed E-state index contributed by atoms with van der Waals surface area (Å²) in [6.45, 7) is 6.41. The quantitative estimate of drug-likeness (QED) is 0.739. The normalized spacial score (nSPS) is 27.9. The standard InChI is InChI=1S/C12H24O2/c1-4-5-10(13)6-7-11-8-9-12(2,3)14-11/h10-11,13H,4-9H2,1-3H3. The maximum atomic E-state index is 9.58. The molecule has 0 radical (unpaired) electrons. The van der Waals surface area contributed by atoms with Crippen molar-refractivity contribution in [1.29, 1.82) is 0 Å². The van der Waals surface area contributed by atoms with Gasteiger partial charge in [-0.15, -0.1) is 0 Å². The maximum Gasteiger partial charge on any atom is 0.0631 e. The van der Waals surface area contributed by atoms with Gasteiger partial charge in [-0.2, -0.15) is 0 Å². The van der Waals surface area contributed by atoms with Crippen LogP contribution in [0.1, 0.15) is 59.3 Å². The van der Waals surface area contributed by atoms with Gasteiger partial charge in [0.1, 0.15) is 0 Å². The number of hydrogen-bond acceptors (Lipinski definition) is 2. The van der Waals surface area contributed by atoms with Crippen LogP contribution in [-0.2, 0) is 4.74 Å². The molecule has 1 saturated heterocycles. The maximum absolute atomic E-state index is 9.58. The van der Waals surface area contributed by atoms with Gasteiger partial charge in [0, 0.05) is 0 Å². The van der Waals surface area contributed by atoms with Gasteiger partial charge in [-0.3, -0.25) is 0 Å². The van der Waals surface area contributed by atoms with Crippen molar-refractivity contribution in [2.75, 3.05) is 0 Å². The average molecular weight is 200 g/mol. The van der Waals surface area contributed by atoms with Crippen LogP contribution in [0.25, 0.3) is 0 Å². The predicted octanol–water partition coefficient (Wildman–Crippen LogP) is 2.89. The van der Waals surface area contributed by atoms with Crippen LogP contribution in [0.15, 0.2) is 0 Å². The lowest BCUT2D eigenvalue weighted by molar-refractivity contribution is -0.0237. The first-order valence-corrected chi connectivity index (χ1v) is 5.89. The molecule has 2 unspecified atom stereocenters. The van der Waals surface area contributed by atoms with Gasteiger partial charge < -0.3 is 9.84 Å². The van der Waals surface area contributed by atoms with Crippen molar-refractivity contribution < 1.29 is 9.84 Å². The summed E-state index contributed by atoms with van der Waals surface area (Å²) in [4.78, 5) is 0. The Bertz CT molecular complexity index is 166. The number of ether oxygens (including phenoxy) is 1. The highest BCUT2D eigenvalue weighted by Gasteiger charge is 2.31. The van der Waals surface area contributed by atoms with Crippen molar-refractivity contribution in [1.82, 2.24) is 0 Å². The molecule has 0 aliphatic carbocycles. The van der Waals surface area contributed by atoms with Crippen molar-refractivity contribution in [2.45, 2.75) is 77.1 Å². The second-order valence-corrected chi connectivity index (χ2v) is 5.06. The second-order valence-electron chi connectivity index (χ2n) is 5.06. The molecule has 0 aromatic rings. The molecule has 2 heteroatoms. The topological polar surface area (TPSA) is 29.5 Å². The van der Waals surface area contributed by atoms with Crippen LogP contribution in [0, 0.1) is 0 Å². The first-order chi connectivity index (χ1) is 6.53. The molecule has 0 saturated carbocycles. The summed E-state index contributed by atoms with van der Waals surface area (Å²) in [5, 5.41) is 9.58. The third-order valence-electron chi connectivity index (χ3n) is 3.00. The smallest absolute Gasteiger partial charge is 0.0631 e. The van der Waals surface area contributed by atoms with Crippen LogP contribution in [0.5, 0.6) is 0 Å². The molecular weight excluding hydrogens is 176 g/mol. The first kappa shape index (κ1) is 12.0. The lowest BCUT2D eigenvalue weighted by Gasteiger charge is -2.20. The van der Waals surface area contributed by atoms with Crippen molar-refractivity contribution in [3.05, 3.63) is 0 Å². The van der Waals surface area contributed by atoms with E-state index in [0.717, 1.165) is 38.5 Å². The molecule has 2 nitrogen and oxygen atoms in total. The van der Waals surface area contributed by atoms with Crippen LogP contribution in [0.2, 0.25) is 0 Å². The van der Waals surface area contributed by atoms with Crippen LogP contribution in [0.3, 0.4) is 0 Å². The van der Waals surface area contributed by atoms with Crippen molar-refractivity contribution >= 4 is 0 Å². The summed E-state index contributed by atoms with van der Waals surface area (Å²) in [6, 6.07) is 0. The molecule has 1 aliphatic rings. The van der Waals surface area contributed by atoms with Crippen LogP contribution >= 0.6 is 0 Å². The summed E-state index contributed by atoms with van der Waals surface area (Å²) in [5.41, 5.74) is 0.0698. The van der Waals surface area contributed by atoms with Gasteiger partial charge in [0.2, 0.25) is 0 Å². The Morgan fingerprint density at radius 2 is 2.14 bits per heavy atom. The zero-order valence-corrected chi connectivity index (χ0v) is 9.75. The minimum Gasteiger partial charge on any atom is -0.393 e. The fourth-order valence-electron chi connectivity index (χ4n) is 2.14. The SMILES string of the molecule is CCCC(O)CCC1CCC(C)(C)O1. The predicted molar refractivity (Wildman–Crippen MR) is 58.3 cm³/mol. The molecule has 0 aromatic heterocycles. The minimum absolute atomic E-state index is 0.0698. The molecule has 84 valence electrons. The van der Waals surface area contributed by atoms with Gasteiger partial charge in [0.15, 0.2) is 0 Å². The van der Waals surface area contributed by atoms with Gasteiger partial charge >= 0.3 is 0 Å². The Hall–Kier alpha value is -0.0800. The molecule has 0 bridgehead atoms. The fourth-order valence-corrected chi connectivity index (χ4v) is 2.14. The Kier molecular flexibility index (Phi) is 4.39. The summed E-state index contributed by atoms with van der Waals surface area (Å²) in [7, 11) is 0. The van der Waals surface area contributed by atoms with E-state index in [1.807, 2.05) is 0 Å². The van der Waals surface area contributed by atoms with E-state index in [-0.39, 0.29) is 11.7 Å². The number of rotatable bonds is 5. The third kappa shape index (κ3) is 3.97. The van der Waals surface area contributed by atoms with Gasteiger partial charge in [0.05, 0.1) is 17.8 Å². The number of aliphatic hydroxyl groups excluding tert-OH is 1. The molecular formula is C12H24O2. The molecule has 1 aliphatic heterocycles. The first-order valence-electron chi connectivity index (χ1n) is 5.89. The number of aliphatic hydroxyl groups is 1. The zero-order valence-electron chi connectivity index (χ0n) is 9.75. The summed E-state index contributed by atoms with van der Waals surface area (Å²) < 4.78 is 5.87. The molecule has 0 amide bonds. The lowest BCUT2D eigenvalue weighted by Crippen LogP contribution is -2.20. The molecule has 14 heavy (non-hydrogen) atoms. The van der Waals surface area contributed by atoms with E-state index in [1.54, 1.807) is 0 Å². The Morgan fingerprint density at radius 3 is 2.64 bits per heavy atom. The molecule has 0 aromatic carbocycles. The van der Waals surface area contributed by atoms with Crippen LogP contribution in [0.4, 0.5) is 0 Å². The second kappa shape index (κ2) is 5.13. The molecule has 1 heterocycles. The van der Waals surface area contributed by atoms with Crippen molar-refractivity contribution in [3.63, 3.8) is 0 Å². The van der Waals surface area contributed by atoms with Gasteiger partial charge in [-0.05, 0) is 46.0 Å². The van der Waals surface area contributed by atoms with Crippen LogP contribution in [-0.4, -0.2) is 22.9 Å². The van der Waals surface area contributed by atoms with Gasteiger partial charge in [0.25, 0.3) is 0 Å². The molecule has 2 atom stereocenters. The molecule has 0 spiro atoms. The van der Waals surface area contributed by atoms with E-state index < -0.39 is 0 Å². The summed E-state index contributed by atoms with van der Waals surface area (Å²) in [5.74, 6) is 0. The Labute approximate surface area is 87.7 Å². The highest BCUT2D eigenvalue weighted by atomic mass is 16.5. The molecule has 1 N–H and O–H groups in total. The fraction of sp³-hybridized carbons (Fsp3) is 1.00. The number of hydrogen-bond donors (Lipinski definition) is 1. The monoisotopic (exact) mass is 200 g/mol. The van der Waals surface area contributed by atoms with Gasteiger partial charge in [-0.25, -0.2) is 0 Å². The van der Waals surface area contributed by atoms with Crippen LogP contribution < -0.4 is 0 Å². The lowest BCUT2D eigenvalue weighted by atomic mass is 10.0. The molecule has 1 fully saturated rings. The zero-order chi connectivity index (χ0) is 10.6. The Morgan fingerprint density at radius 1 is 1.43 bits per heavy atom. The van der Waals surface area contributed by atoms with Crippen molar-refractivity contribution in [3.8, 4) is 0 Å². The van der Waals surface area contributed by atoms with E-state index in [0.29, 0.717) is 6.10 Å². The highest BCUT2D eigenvalue weighted by Crippen LogP contribution is 2.31. The van der Waals surface area contributed by atoms with E-state index in [2.05, 4.69) is 20.8 Å². The third-order valence-corrected chi connectivity index (χ3v) is 3.00. The Balaban J connectivity index is 2.14. The molecule has 1 rings (SSSR count). The van der Waals surface area contributed by atoms with Gasteiger partial charge in [-0.1, -0.05) is 13.3 Å². The largest absolute Gasteiger partial charge is 0.393 e. The van der Waals surface area contributed by atoms with E-state index in [1.165, 1.54) is 0 Å². The average Bonchev–Trinajstić information content (AvgIpc) is 2.43. The van der Waals surface area contributed by atoms with E-state index in [9.17, 15) is 5.11 Å². The van der Waals surface area contributed by atoms with E-state index >= 15 is 0 Å². The highest BCUT2D eigenvalue weighted by molar-refractivity contribution is 4.81. The van der Waals surface area contributed by atoms with E-state index in [4.69, 9.17) is 4.74 Å². The minimum atomic E-state index is -0.118. The summed E-state index contributed by atoms with van der Waals surface area (Å²) in [6.07, 6.45) is 6.49. The van der Waals surface area contributed by atoms with Crippen molar-refractivity contribution in [2.24, 2.45) is 0 Å². The summed E-state index contributed by atoms with van der Waals surface area (Å²) >= 11 is 0.